The van der Waals surface area contributed by atoms with Crippen molar-refractivity contribution in [3.05, 3.63) is 65.9 Å². The molecule has 0 aliphatic carbocycles. The largest absolute Gasteiger partial charge is 0.508 e. The lowest BCUT2D eigenvalue weighted by atomic mass is 10.0. The number of H-pyrrole nitrogens is 1. The summed E-state index contributed by atoms with van der Waals surface area (Å²) < 4.78 is 0. The lowest BCUT2D eigenvalue weighted by Gasteiger charge is -2.30. The molecular weight excluding hydrogens is 1830 g/mol. The summed E-state index contributed by atoms with van der Waals surface area (Å²) in [5.41, 5.74) is 18.1. The van der Waals surface area contributed by atoms with Crippen molar-refractivity contribution in [2.24, 2.45) is 23.1 Å². The first kappa shape index (κ1) is 112. The normalized spacial score (nSPS) is 15.8. The number of likely N-dealkylation sites (tertiary alicyclic amines) is 1. The number of benzene rings is 2. The highest BCUT2D eigenvalue weighted by atomic mass is 32.1. The van der Waals surface area contributed by atoms with Crippen molar-refractivity contribution in [1.29, 1.82) is 10.8 Å². The molecule has 49 nitrogen and oxygen atoms in total. The molecule has 0 spiro atoms. The minimum absolute atomic E-state index is 0.0487. The number of carboxylic acids is 4. The Morgan fingerprint density at radius 1 is 0.436 bits per heavy atom. The number of nitrogens with one attached hydrogen (secondary N) is 20. The number of rotatable bonds is 57. The van der Waals surface area contributed by atoms with Crippen LogP contribution in [0.5, 0.6) is 5.75 Å². The minimum atomic E-state index is -1.98. The molecule has 0 radical (unpaired) electrons. The Bertz CT molecular complexity index is 4670. The fraction of sp³-hybridized carbons (Fsp3) is 0.550. The molecular formula is C80H120N24O25S4. The van der Waals surface area contributed by atoms with Crippen LogP contribution in [-0.4, -0.2) is 311 Å². The number of thiol groups is 4. The molecule has 734 valence electrons. The quantitative estimate of drug-likeness (QED) is 0.0108. The Kier molecular flexibility index (Phi) is 47.4. The summed E-state index contributed by atoms with van der Waals surface area (Å²) in [5, 5.41) is 106. The molecule has 0 bridgehead atoms. The molecule has 1 aliphatic heterocycles. The Hall–Kier alpha value is -12.9. The topological polar surface area (TPSA) is 792 Å². The number of aliphatic carboxylic acids is 4. The maximum absolute atomic E-state index is 14.7. The van der Waals surface area contributed by atoms with Gasteiger partial charge in [-0.25, -0.2) is 4.79 Å². The highest BCUT2D eigenvalue weighted by Crippen LogP contribution is 2.23. The highest BCUT2D eigenvalue weighted by molar-refractivity contribution is 7.80. The van der Waals surface area contributed by atoms with Crippen LogP contribution in [0.15, 0.2) is 54.7 Å². The number of carboxylic acid groups (broad SMARTS) is 4. The van der Waals surface area contributed by atoms with Crippen molar-refractivity contribution in [1.82, 2.24) is 100 Å². The molecule has 16 amide bonds. The number of aromatic nitrogens is 1. The van der Waals surface area contributed by atoms with Gasteiger partial charge < -0.3 is 143 Å². The number of guanidine groups is 2. The van der Waals surface area contributed by atoms with Crippen LogP contribution in [0.25, 0.3) is 10.9 Å². The Labute approximate surface area is 785 Å². The van der Waals surface area contributed by atoms with Gasteiger partial charge in [-0.15, -0.1) is 0 Å². The first-order chi connectivity index (χ1) is 62.6. The number of nitrogens with two attached hydrogens (primary N) is 3. The predicted molar refractivity (Wildman–Crippen MR) is 490 cm³/mol. The number of hydrogen-bond acceptors (Lipinski definition) is 28. The van der Waals surface area contributed by atoms with E-state index in [1.807, 2.05) is 0 Å². The summed E-state index contributed by atoms with van der Waals surface area (Å²) in [6.07, 6.45) is -2.48. The number of fused-ring (bicyclic) bond motifs is 1. The van der Waals surface area contributed by atoms with Gasteiger partial charge in [-0.05, 0) is 114 Å². The molecule has 53 heteroatoms. The first-order valence-corrected chi connectivity index (χ1v) is 44.6. The molecule has 133 heavy (non-hydrogen) atoms. The van der Waals surface area contributed by atoms with Gasteiger partial charge in [0.15, 0.2) is 11.9 Å². The van der Waals surface area contributed by atoms with Crippen LogP contribution in [-0.2, 0) is 109 Å². The number of aromatic amines is 1. The van der Waals surface area contributed by atoms with E-state index in [1.165, 1.54) is 52.0 Å². The van der Waals surface area contributed by atoms with E-state index in [1.54, 1.807) is 44.3 Å². The van der Waals surface area contributed by atoms with Crippen LogP contribution in [0.3, 0.4) is 0 Å². The molecule has 1 aliphatic rings. The number of para-hydroxylation sites is 1. The number of aromatic hydroxyl groups is 1. The van der Waals surface area contributed by atoms with E-state index in [9.17, 15) is 121 Å². The molecule has 1 fully saturated rings. The van der Waals surface area contributed by atoms with Crippen molar-refractivity contribution in [3.8, 4) is 5.75 Å². The molecule has 17 atom stereocenters. The van der Waals surface area contributed by atoms with E-state index in [0.29, 0.717) is 28.5 Å². The van der Waals surface area contributed by atoms with Crippen LogP contribution in [0.4, 0.5) is 0 Å². The summed E-state index contributed by atoms with van der Waals surface area (Å²) in [6.45, 7) is 8.18. The van der Waals surface area contributed by atoms with Gasteiger partial charge in [0, 0.05) is 79.0 Å². The second-order valence-electron chi connectivity index (χ2n) is 31.6. The van der Waals surface area contributed by atoms with Gasteiger partial charge in [0.05, 0.1) is 18.9 Å². The fourth-order valence-electron chi connectivity index (χ4n) is 13.2. The molecule has 1 aromatic heterocycles. The predicted octanol–water partition coefficient (Wildman–Crippen LogP) is -7.48. The second-order valence-corrected chi connectivity index (χ2v) is 33.1. The average Bonchev–Trinajstić information content (AvgIpc) is 1.70. The zero-order chi connectivity index (χ0) is 99.8. The van der Waals surface area contributed by atoms with E-state index in [0.717, 1.165) is 4.90 Å². The third-order valence-corrected chi connectivity index (χ3v) is 21.9. The Balaban J connectivity index is 1.47. The van der Waals surface area contributed by atoms with Gasteiger partial charge in [-0.3, -0.25) is 102 Å². The number of nitrogens with zero attached hydrogens (tertiary/aromatic N) is 1. The van der Waals surface area contributed by atoms with E-state index >= 15 is 0 Å². The van der Waals surface area contributed by atoms with E-state index in [2.05, 4.69) is 146 Å². The van der Waals surface area contributed by atoms with Gasteiger partial charge in [-0.1, -0.05) is 44.2 Å². The maximum atomic E-state index is 14.7. The minimum Gasteiger partial charge on any atom is -0.508 e. The summed E-state index contributed by atoms with van der Waals surface area (Å²) in [7, 11) is 0. The summed E-state index contributed by atoms with van der Waals surface area (Å²) >= 11 is 16.8. The molecule has 4 rings (SSSR count). The average molecular weight is 1950 g/mol. The lowest BCUT2D eigenvalue weighted by Crippen LogP contribution is -2.61. The van der Waals surface area contributed by atoms with Crippen molar-refractivity contribution >= 4 is 192 Å². The number of amides is 16. The molecule has 1 saturated heterocycles. The number of phenolic OH excluding ortho intramolecular Hbond substituents is 1. The highest BCUT2D eigenvalue weighted by Gasteiger charge is 2.43. The molecule has 2 heterocycles. The summed E-state index contributed by atoms with van der Waals surface area (Å²) in [5.74, 6) is -25.6. The van der Waals surface area contributed by atoms with Crippen LogP contribution in [0.2, 0.25) is 0 Å². The maximum Gasteiger partial charge on any atom is 0.326 e. The first-order valence-electron chi connectivity index (χ1n) is 42.0. The van der Waals surface area contributed by atoms with Gasteiger partial charge in [0.1, 0.15) is 102 Å². The second kappa shape index (κ2) is 56.1. The van der Waals surface area contributed by atoms with Crippen molar-refractivity contribution in [2.75, 3.05) is 42.6 Å². The van der Waals surface area contributed by atoms with Gasteiger partial charge in [0.25, 0.3) is 0 Å². The van der Waals surface area contributed by atoms with Gasteiger partial charge >= 0.3 is 23.9 Å². The zero-order valence-electron chi connectivity index (χ0n) is 73.6. The number of phenols is 1. The SMILES string of the molecule is CC(C)C[C@H](NC(=O)[C@H](CS)NC(=O)[C@H](CS)NC(=O)[C@H](CCC(=O)O)NC(=O)[C@H](C)NC(=O)[C@H](CS)NC(=O)[C@H](C)NC(=O)[C@@H](N)CCCNC(=N)N)C(=O)N[C@@H](C)C(=O)N[C@@H](CCCNC(=N)N)C(=O)N[C@@H](CC(=O)O)C(=O)N1CCC[C@H]1C(=O)N[C@@H](Cc1ccc(O)cc1)C(=O)N[C@@H](CS)C(=O)N[C@@H](C)C(=O)N[C@@H](Cc1c[nH]c2ccccc12)C(=O)N[C@@H](CC(=O)O)C(=O)O. The fourth-order valence-corrected chi connectivity index (χ4v) is 14.2. The van der Waals surface area contributed by atoms with Crippen LogP contribution in [0, 0.1) is 16.7 Å². The molecule has 0 unspecified atom stereocenters. The van der Waals surface area contributed by atoms with Gasteiger partial charge in [-0.2, -0.15) is 50.5 Å². The molecule has 31 N–H and O–H groups in total. The van der Waals surface area contributed by atoms with E-state index in [-0.39, 0.29) is 94.4 Å². The zero-order valence-corrected chi connectivity index (χ0v) is 77.2. The van der Waals surface area contributed by atoms with Crippen molar-refractivity contribution < 1.29 is 121 Å². The Morgan fingerprint density at radius 2 is 0.812 bits per heavy atom. The molecule has 0 saturated carbocycles. The third-order valence-electron chi connectivity index (χ3n) is 20.4. The third kappa shape index (κ3) is 38.4. The van der Waals surface area contributed by atoms with E-state index in [4.69, 9.17) is 28.0 Å². The molecule has 3 aromatic rings. The number of carbonyl (C=O) groups excluding carboxylic acids is 16. The standard InChI is InChI=1S/C80H120N24O25S4/c1-36(2)26-49(96-74(124)56(34-132)103-75(125)57(35-133)101-68(118)48(21-22-59(106)107)94-63(113)39(5)91-72(122)54(32-130)100-65(115)37(3)89-66(116)45(81)13-9-23-86-79(82)83)69(119)90-38(4)62(112)93-47(15-10-24-87-80(84)85)67(117)98-52(29-60(108)109)77(127)104-25-11-16-58(104)76(126)97-50(27-41-17-19-43(105)20-18-41)70(120)102-55(33-131)73(123)92-40(6)64(114)95-51(71(121)99-53(78(128)129)30-61(110)111)28-42-31-88-46-14-8-7-12-44(42)46/h7-8,12,14,17-20,31,36-40,45,47-58,88,105,130-133H,9-11,13,15-16,21-30,32-35,81H2,1-6H3,(H,89,116)(H,90,119)(H,91,122)(H,92,123)(H,93,112)(H,94,113)(H,95,114)(H,96,124)(H,97,126)(H,98,117)(H,99,121)(H,100,115)(H,101,118)(H,102,120)(H,103,125)(H,106,107)(H,108,109)(H,110,111)(H,128,129)(H4,82,83,86)(H4,84,85,87)/t37-,38-,39-,40-,45-,47-,48-,49-,50-,51-,52-,53-,54-,55-,56-,57-,58-/m0/s1. The van der Waals surface area contributed by atoms with Crippen LogP contribution < -0.4 is 108 Å². The van der Waals surface area contributed by atoms with Crippen molar-refractivity contribution in [2.45, 2.75) is 228 Å². The number of hydrogen-bond donors (Lipinski definition) is 32. The smallest absolute Gasteiger partial charge is 0.326 e. The number of carbonyl (C=O) groups is 20. The van der Waals surface area contributed by atoms with Crippen LogP contribution in [0.1, 0.15) is 123 Å². The monoisotopic (exact) mass is 1940 g/mol. The van der Waals surface area contributed by atoms with Gasteiger partial charge in [0.2, 0.25) is 94.5 Å². The van der Waals surface area contributed by atoms with E-state index < -0.39 is 270 Å². The summed E-state index contributed by atoms with van der Waals surface area (Å²) in [6, 6.07) is -14.3. The Morgan fingerprint density at radius 3 is 1.26 bits per heavy atom. The van der Waals surface area contributed by atoms with Crippen molar-refractivity contribution in [3.63, 3.8) is 0 Å². The lowest BCUT2D eigenvalue weighted by molar-refractivity contribution is -0.147. The van der Waals surface area contributed by atoms with Crippen LogP contribution >= 0.6 is 50.5 Å². The molecule has 2 aromatic carbocycles. The summed E-state index contributed by atoms with van der Waals surface area (Å²) in [4.78, 5) is 275.